The van der Waals surface area contributed by atoms with Gasteiger partial charge in [-0.15, -0.1) is 0 Å². The summed E-state index contributed by atoms with van der Waals surface area (Å²) < 4.78 is 0. The van der Waals surface area contributed by atoms with Gasteiger partial charge in [0.25, 0.3) is 0 Å². The second kappa shape index (κ2) is 8.19. The molecular formula is C15H23N3O2. The predicted octanol–water partition coefficient (Wildman–Crippen LogP) is 1.65. The van der Waals surface area contributed by atoms with E-state index in [-0.39, 0.29) is 11.9 Å². The molecule has 110 valence electrons. The smallest absolute Gasteiger partial charge is 0.315 e. The van der Waals surface area contributed by atoms with Gasteiger partial charge in [0.1, 0.15) is 6.04 Å². The molecule has 0 heterocycles. The maximum atomic E-state index is 11.8. The number of carbonyl (C=O) groups excluding carboxylic acids is 2. The van der Waals surface area contributed by atoms with E-state index in [1.807, 2.05) is 44.2 Å². The number of amides is 3. The highest BCUT2D eigenvalue weighted by atomic mass is 16.2. The van der Waals surface area contributed by atoms with Gasteiger partial charge in [0, 0.05) is 13.6 Å². The van der Waals surface area contributed by atoms with E-state index in [9.17, 15) is 9.59 Å². The van der Waals surface area contributed by atoms with Gasteiger partial charge < -0.3 is 16.0 Å². The maximum absolute atomic E-state index is 11.8. The number of nitrogens with one attached hydrogen (secondary N) is 3. The van der Waals surface area contributed by atoms with Crippen molar-refractivity contribution in [1.29, 1.82) is 0 Å². The van der Waals surface area contributed by atoms with Crippen molar-refractivity contribution in [1.82, 2.24) is 16.0 Å². The molecule has 1 aromatic carbocycles. The molecule has 5 nitrogen and oxygen atoms in total. The Morgan fingerprint density at radius 3 is 2.35 bits per heavy atom. The van der Waals surface area contributed by atoms with Crippen LogP contribution in [0.25, 0.3) is 0 Å². The van der Waals surface area contributed by atoms with Gasteiger partial charge >= 0.3 is 6.03 Å². The Morgan fingerprint density at radius 1 is 1.15 bits per heavy atom. The van der Waals surface area contributed by atoms with Crippen molar-refractivity contribution >= 4 is 11.9 Å². The molecule has 0 aliphatic heterocycles. The van der Waals surface area contributed by atoms with E-state index < -0.39 is 6.04 Å². The number of hydrogen-bond acceptors (Lipinski definition) is 2. The second-order valence-electron chi connectivity index (χ2n) is 5.11. The Morgan fingerprint density at radius 2 is 1.80 bits per heavy atom. The van der Waals surface area contributed by atoms with Gasteiger partial charge in [-0.25, -0.2) is 4.79 Å². The van der Waals surface area contributed by atoms with Crippen LogP contribution in [0.1, 0.15) is 25.8 Å². The number of urea groups is 1. The molecule has 0 aliphatic rings. The van der Waals surface area contributed by atoms with Gasteiger partial charge in [-0.1, -0.05) is 44.2 Å². The largest absolute Gasteiger partial charge is 0.357 e. The first-order chi connectivity index (χ1) is 9.52. The average Bonchev–Trinajstić information content (AvgIpc) is 2.44. The van der Waals surface area contributed by atoms with Crippen LogP contribution in [0, 0.1) is 5.92 Å². The van der Waals surface area contributed by atoms with Crippen LogP contribution >= 0.6 is 0 Å². The lowest BCUT2D eigenvalue weighted by Gasteiger charge is -2.19. The summed E-state index contributed by atoms with van der Waals surface area (Å²) in [4.78, 5) is 23.5. The molecule has 1 atom stereocenters. The molecule has 1 aromatic rings. The van der Waals surface area contributed by atoms with Crippen LogP contribution < -0.4 is 16.0 Å². The van der Waals surface area contributed by atoms with Crippen LogP contribution in [-0.4, -0.2) is 25.0 Å². The van der Waals surface area contributed by atoms with Gasteiger partial charge in [0.15, 0.2) is 0 Å². The summed E-state index contributed by atoms with van der Waals surface area (Å²) in [6.45, 7) is 4.47. The lowest BCUT2D eigenvalue weighted by molar-refractivity contribution is -0.122. The van der Waals surface area contributed by atoms with Gasteiger partial charge in [-0.3, -0.25) is 4.79 Å². The van der Waals surface area contributed by atoms with Crippen LogP contribution in [0.2, 0.25) is 0 Å². The van der Waals surface area contributed by atoms with E-state index in [4.69, 9.17) is 0 Å². The molecular weight excluding hydrogens is 254 g/mol. The fraction of sp³-hybridized carbons (Fsp3) is 0.467. The minimum atomic E-state index is -0.504. The summed E-state index contributed by atoms with van der Waals surface area (Å²) in [5, 5.41) is 8.03. The zero-order chi connectivity index (χ0) is 15.0. The van der Waals surface area contributed by atoms with Crippen molar-refractivity contribution in [2.75, 3.05) is 7.05 Å². The monoisotopic (exact) mass is 277 g/mol. The van der Waals surface area contributed by atoms with E-state index in [1.165, 1.54) is 0 Å². The summed E-state index contributed by atoms with van der Waals surface area (Å²) in [6, 6.07) is 8.80. The molecule has 1 rings (SSSR count). The molecule has 0 bridgehead atoms. The Balaban J connectivity index is 2.47. The molecule has 1 unspecified atom stereocenters. The molecule has 0 aliphatic carbocycles. The summed E-state index contributed by atoms with van der Waals surface area (Å²) in [5.74, 6) is 0.153. The standard InChI is InChI=1S/C15H23N3O2/c1-11(2)9-13(14(19)16-3)18-15(20)17-10-12-7-5-4-6-8-12/h4-8,11,13H,9-10H2,1-3H3,(H,16,19)(H2,17,18,20). The summed E-state index contributed by atoms with van der Waals surface area (Å²) in [5.41, 5.74) is 1.02. The van der Waals surface area contributed by atoms with E-state index in [2.05, 4.69) is 16.0 Å². The van der Waals surface area contributed by atoms with Crippen molar-refractivity contribution in [3.05, 3.63) is 35.9 Å². The third-order valence-electron chi connectivity index (χ3n) is 2.87. The first-order valence-electron chi connectivity index (χ1n) is 6.82. The average molecular weight is 277 g/mol. The van der Waals surface area contributed by atoms with Gasteiger partial charge in [-0.05, 0) is 17.9 Å². The molecule has 3 amide bonds. The van der Waals surface area contributed by atoms with Crippen molar-refractivity contribution < 1.29 is 9.59 Å². The van der Waals surface area contributed by atoms with E-state index >= 15 is 0 Å². The quantitative estimate of drug-likeness (QED) is 0.740. The Hall–Kier alpha value is -2.04. The van der Waals surface area contributed by atoms with Crippen LogP contribution in [0.3, 0.4) is 0 Å². The third-order valence-corrected chi connectivity index (χ3v) is 2.87. The highest BCUT2D eigenvalue weighted by molar-refractivity contribution is 5.86. The van der Waals surface area contributed by atoms with Gasteiger partial charge in [0.05, 0.1) is 0 Å². The van der Waals surface area contributed by atoms with Crippen molar-refractivity contribution in [2.45, 2.75) is 32.9 Å². The second-order valence-corrected chi connectivity index (χ2v) is 5.11. The third kappa shape index (κ3) is 5.73. The highest BCUT2D eigenvalue weighted by Gasteiger charge is 2.20. The Labute approximate surface area is 120 Å². The lowest BCUT2D eigenvalue weighted by Crippen LogP contribution is -2.49. The topological polar surface area (TPSA) is 70.2 Å². The maximum Gasteiger partial charge on any atom is 0.315 e. The molecule has 0 spiro atoms. The predicted molar refractivity (Wildman–Crippen MR) is 79.1 cm³/mol. The van der Waals surface area contributed by atoms with Crippen molar-refractivity contribution in [3.8, 4) is 0 Å². The molecule has 0 aromatic heterocycles. The lowest BCUT2D eigenvalue weighted by atomic mass is 10.0. The van der Waals surface area contributed by atoms with Crippen molar-refractivity contribution in [3.63, 3.8) is 0 Å². The molecule has 0 saturated carbocycles. The molecule has 0 fully saturated rings. The first kappa shape index (κ1) is 16.0. The SMILES string of the molecule is CNC(=O)C(CC(C)C)NC(=O)NCc1ccccc1. The minimum Gasteiger partial charge on any atom is -0.357 e. The first-order valence-corrected chi connectivity index (χ1v) is 6.82. The Bertz CT molecular complexity index is 432. The molecule has 0 saturated heterocycles. The zero-order valence-electron chi connectivity index (χ0n) is 12.3. The van der Waals surface area contributed by atoms with Gasteiger partial charge in [0.2, 0.25) is 5.91 Å². The fourth-order valence-electron chi connectivity index (χ4n) is 1.86. The number of rotatable bonds is 6. The van der Waals surface area contributed by atoms with Gasteiger partial charge in [-0.2, -0.15) is 0 Å². The van der Waals surface area contributed by atoms with Crippen LogP contribution in [0.15, 0.2) is 30.3 Å². The highest BCUT2D eigenvalue weighted by Crippen LogP contribution is 2.05. The van der Waals surface area contributed by atoms with Crippen LogP contribution in [-0.2, 0) is 11.3 Å². The van der Waals surface area contributed by atoms with Crippen LogP contribution in [0.5, 0.6) is 0 Å². The van der Waals surface area contributed by atoms with E-state index in [0.717, 1.165) is 5.56 Å². The molecule has 0 radical (unpaired) electrons. The number of hydrogen-bond donors (Lipinski definition) is 3. The Kier molecular flexibility index (Phi) is 6.56. The van der Waals surface area contributed by atoms with E-state index in [1.54, 1.807) is 7.05 Å². The number of likely N-dealkylation sites (N-methyl/N-ethyl adjacent to an activating group) is 1. The zero-order valence-corrected chi connectivity index (χ0v) is 12.3. The molecule has 20 heavy (non-hydrogen) atoms. The summed E-state index contributed by atoms with van der Waals surface area (Å²) >= 11 is 0. The minimum absolute atomic E-state index is 0.173. The summed E-state index contributed by atoms with van der Waals surface area (Å²) in [7, 11) is 1.57. The molecule has 5 heteroatoms. The van der Waals surface area contributed by atoms with E-state index in [0.29, 0.717) is 18.9 Å². The number of benzene rings is 1. The van der Waals surface area contributed by atoms with Crippen LogP contribution in [0.4, 0.5) is 4.79 Å². The summed E-state index contributed by atoms with van der Waals surface area (Å²) in [6.07, 6.45) is 0.610. The molecule has 3 N–H and O–H groups in total. The fourth-order valence-corrected chi connectivity index (χ4v) is 1.86. The normalized spacial score (nSPS) is 11.8. The number of carbonyl (C=O) groups is 2. The van der Waals surface area contributed by atoms with Crippen molar-refractivity contribution in [2.24, 2.45) is 5.92 Å².